The van der Waals surface area contributed by atoms with E-state index < -0.39 is 0 Å². The molecule has 0 amide bonds. The third-order valence-electron chi connectivity index (χ3n) is 4.06. The molecule has 1 aromatic rings. The lowest BCUT2D eigenvalue weighted by Gasteiger charge is -2.22. The van der Waals surface area contributed by atoms with E-state index in [2.05, 4.69) is 42.0 Å². The summed E-state index contributed by atoms with van der Waals surface area (Å²) in [5.41, 5.74) is 2.09. The van der Waals surface area contributed by atoms with Crippen LogP contribution in [0.1, 0.15) is 45.0 Å². The van der Waals surface area contributed by atoms with Crippen molar-refractivity contribution >= 4 is 29.9 Å². The fourth-order valence-corrected chi connectivity index (χ4v) is 3.15. The van der Waals surface area contributed by atoms with Gasteiger partial charge in [-0.25, -0.2) is 4.99 Å². The normalized spacial score (nSPS) is 18.2. The van der Waals surface area contributed by atoms with Crippen molar-refractivity contribution in [3.63, 3.8) is 0 Å². The molecule has 130 valence electrons. The van der Waals surface area contributed by atoms with E-state index >= 15 is 0 Å². The van der Waals surface area contributed by atoms with Crippen LogP contribution in [0, 0.1) is 18.8 Å². The van der Waals surface area contributed by atoms with Crippen molar-refractivity contribution in [2.24, 2.45) is 16.8 Å². The van der Waals surface area contributed by atoms with Crippen LogP contribution in [-0.4, -0.2) is 35.5 Å². The second kappa shape index (κ2) is 10.1. The summed E-state index contributed by atoms with van der Waals surface area (Å²) in [5, 5.41) is 3.43. The van der Waals surface area contributed by atoms with Crippen molar-refractivity contribution in [2.75, 3.05) is 19.6 Å². The molecule has 2 rings (SSSR count). The SMILES string of the molecule is CCNC(=NCc1cccc(C)n1)N1CCC(CC(C)C)C1.I. The molecule has 1 fully saturated rings. The minimum atomic E-state index is 0. The van der Waals surface area contributed by atoms with Gasteiger partial charge in [0, 0.05) is 25.3 Å². The summed E-state index contributed by atoms with van der Waals surface area (Å²) in [6, 6.07) is 6.12. The Morgan fingerprint density at radius 3 is 2.87 bits per heavy atom. The van der Waals surface area contributed by atoms with Crippen molar-refractivity contribution in [2.45, 2.75) is 47.1 Å². The van der Waals surface area contributed by atoms with Gasteiger partial charge in [0.1, 0.15) is 0 Å². The molecule has 5 heteroatoms. The zero-order valence-corrected chi connectivity index (χ0v) is 17.2. The second-order valence-corrected chi connectivity index (χ2v) is 6.67. The summed E-state index contributed by atoms with van der Waals surface area (Å²) in [6.07, 6.45) is 2.60. The first-order valence-corrected chi connectivity index (χ1v) is 8.54. The molecule has 2 heterocycles. The highest BCUT2D eigenvalue weighted by atomic mass is 127. The maximum Gasteiger partial charge on any atom is 0.194 e. The Morgan fingerprint density at radius 1 is 1.43 bits per heavy atom. The van der Waals surface area contributed by atoms with Gasteiger partial charge in [0.05, 0.1) is 12.2 Å². The average Bonchev–Trinajstić information content (AvgIpc) is 2.91. The van der Waals surface area contributed by atoms with Gasteiger partial charge in [0.15, 0.2) is 5.96 Å². The molecule has 4 nitrogen and oxygen atoms in total. The van der Waals surface area contributed by atoms with E-state index in [4.69, 9.17) is 4.99 Å². The fraction of sp³-hybridized carbons (Fsp3) is 0.667. The number of aromatic nitrogens is 1. The third-order valence-corrected chi connectivity index (χ3v) is 4.06. The number of pyridine rings is 1. The summed E-state index contributed by atoms with van der Waals surface area (Å²) in [6.45, 7) is 12.6. The Balaban J connectivity index is 0.00000264. The molecule has 0 aromatic carbocycles. The summed E-state index contributed by atoms with van der Waals surface area (Å²) < 4.78 is 0. The monoisotopic (exact) mass is 430 g/mol. The van der Waals surface area contributed by atoms with Crippen LogP contribution >= 0.6 is 24.0 Å². The molecular formula is C18H31IN4. The number of hydrogen-bond donors (Lipinski definition) is 1. The van der Waals surface area contributed by atoms with Crippen LogP contribution < -0.4 is 5.32 Å². The van der Waals surface area contributed by atoms with Crippen molar-refractivity contribution < 1.29 is 0 Å². The summed E-state index contributed by atoms with van der Waals surface area (Å²) in [5.74, 6) is 2.62. The van der Waals surface area contributed by atoms with Gasteiger partial charge in [-0.15, -0.1) is 24.0 Å². The maximum atomic E-state index is 4.79. The predicted octanol–water partition coefficient (Wildman–Crippen LogP) is 3.84. The molecule has 1 atom stereocenters. The van der Waals surface area contributed by atoms with Gasteiger partial charge in [-0.2, -0.15) is 0 Å². The van der Waals surface area contributed by atoms with Gasteiger partial charge in [0.25, 0.3) is 0 Å². The quantitative estimate of drug-likeness (QED) is 0.439. The smallest absolute Gasteiger partial charge is 0.194 e. The fourth-order valence-electron chi connectivity index (χ4n) is 3.15. The van der Waals surface area contributed by atoms with Gasteiger partial charge in [-0.3, -0.25) is 4.98 Å². The standard InChI is InChI=1S/C18H30N4.HI/c1-5-19-18(20-12-17-8-6-7-15(4)21-17)22-10-9-16(13-22)11-14(2)3;/h6-8,14,16H,5,9-13H2,1-4H3,(H,19,20);1H. The minimum Gasteiger partial charge on any atom is -0.357 e. The van der Waals surface area contributed by atoms with Gasteiger partial charge in [0.2, 0.25) is 0 Å². The molecule has 1 N–H and O–H groups in total. The number of rotatable bonds is 5. The number of aryl methyl sites for hydroxylation is 1. The molecule has 1 aromatic heterocycles. The van der Waals surface area contributed by atoms with Crippen LogP contribution in [-0.2, 0) is 6.54 Å². The first-order valence-electron chi connectivity index (χ1n) is 8.54. The van der Waals surface area contributed by atoms with Gasteiger partial charge < -0.3 is 10.2 Å². The van der Waals surface area contributed by atoms with Crippen LogP contribution in [0.3, 0.4) is 0 Å². The highest BCUT2D eigenvalue weighted by Crippen LogP contribution is 2.23. The van der Waals surface area contributed by atoms with Crippen molar-refractivity contribution in [3.8, 4) is 0 Å². The zero-order chi connectivity index (χ0) is 15.9. The molecule has 1 saturated heterocycles. The summed E-state index contributed by atoms with van der Waals surface area (Å²) >= 11 is 0. The molecule has 1 aliphatic heterocycles. The molecule has 0 saturated carbocycles. The van der Waals surface area contributed by atoms with Crippen molar-refractivity contribution in [3.05, 3.63) is 29.6 Å². The molecule has 0 spiro atoms. The molecule has 1 unspecified atom stereocenters. The number of aliphatic imine (C=N–C) groups is 1. The van der Waals surface area contributed by atoms with Crippen LogP contribution in [0.4, 0.5) is 0 Å². The van der Waals surface area contributed by atoms with E-state index in [9.17, 15) is 0 Å². The van der Waals surface area contributed by atoms with Crippen LogP contribution in [0.15, 0.2) is 23.2 Å². The van der Waals surface area contributed by atoms with E-state index in [1.807, 2.05) is 19.1 Å². The molecule has 23 heavy (non-hydrogen) atoms. The van der Waals surface area contributed by atoms with Gasteiger partial charge >= 0.3 is 0 Å². The summed E-state index contributed by atoms with van der Waals surface area (Å²) in [4.78, 5) is 11.7. The molecule has 0 aliphatic carbocycles. The number of hydrogen-bond acceptors (Lipinski definition) is 2. The van der Waals surface area contributed by atoms with E-state index in [1.54, 1.807) is 0 Å². The third kappa shape index (κ3) is 6.65. The molecule has 0 radical (unpaired) electrons. The average molecular weight is 430 g/mol. The largest absolute Gasteiger partial charge is 0.357 e. The van der Waals surface area contributed by atoms with Crippen LogP contribution in [0.5, 0.6) is 0 Å². The lowest BCUT2D eigenvalue weighted by molar-refractivity contribution is 0.403. The lowest BCUT2D eigenvalue weighted by Crippen LogP contribution is -2.40. The van der Waals surface area contributed by atoms with Crippen molar-refractivity contribution in [1.82, 2.24) is 15.2 Å². The van der Waals surface area contributed by atoms with Crippen molar-refractivity contribution in [1.29, 1.82) is 0 Å². The van der Waals surface area contributed by atoms with E-state index in [0.717, 1.165) is 48.8 Å². The van der Waals surface area contributed by atoms with Gasteiger partial charge in [-0.05, 0) is 50.7 Å². The van der Waals surface area contributed by atoms with Crippen LogP contribution in [0.2, 0.25) is 0 Å². The first-order chi connectivity index (χ1) is 10.6. The lowest BCUT2D eigenvalue weighted by atomic mass is 9.97. The number of nitrogens with zero attached hydrogens (tertiary/aromatic N) is 3. The first kappa shape index (κ1) is 20.2. The second-order valence-electron chi connectivity index (χ2n) is 6.67. The zero-order valence-electron chi connectivity index (χ0n) is 14.9. The molecule has 0 bridgehead atoms. The number of likely N-dealkylation sites (tertiary alicyclic amines) is 1. The van der Waals surface area contributed by atoms with Gasteiger partial charge in [-0.1, -0.05) is 19.9 Å². The topological polar surface area (TPSA) is 40.5 Å². The van der Waals surface area contributed by atoms with Crippen LogP contribution in [0.25, 0.3) is 0 Å². The number of nitrogens with one attached hydrogen (secondary N) is 1. The predicted molar refractivity (Wildman–Crippen MR) is 108 cm³/mol. The summed E-state index contributed by atoms with van der Waals surface area (Å²) in [7, 11) is 0. The Bertz CT molecular complexity index is 502. The molecule has 1 aliphatic rings. The Labute approximate surface area is 158 Å². The number of guanidine groups is 1. The van der Waals surface area contributed by atoms with E-state index in [1.165, 1.54) is 12.8 Å². The minimum absolute atomic E-state index is 0. The Morgan fingerprint density at radius 2 is 2.22 bits per heavy atom. The van der Waals surface area contributed by atoms with E-state index in [-0.39, 0.29) is 24.0 Å². The maximum absolute atomic E-state index is 4.79. The Hall–Kier alpha value is -0.850. The Kier molecular flexibility index (Phi) is 8.87. The highest BCUT2D eigenvalue weighted by Gasteiger charge is 2.25. The number of halogens is 1. The highest BCUT2D eigenvalue weighted by molar-refractivity contribution is 14.0. The van der Waals surface area contributed by atoms with E-state index in [0.29, 0.717) is 6.54 Å². The molecular weight excluding hydrogens is 399 g/mol.